The Kier molecular flexibility index (Phi) is 5.66. The van der Waals surface area contributed by atoms with Crippen LogP contribution in [0.1, 0.15) is 19.4 Å². The van der Waals surface area contributed by atoms with E-state index in [1.54, 1.807) is 24.3 Å². The molecular formula is C13H18N2O4. The van der Waals surface area contributed by atoms with E-state index >= 15 is 0 Å². The quantitative estimate of drug-likeness (QED) is 0.877. The maximum atomic E-state index is 11.3. The van der Waals surface area contributed by atoms with E-state index in [1.165, 1.54) is 7.11 Å². The van der Waals surface area contributed by atoms with Gasteiger partial charge in [-0.15, -0.1) is 0 Å². The molecule has 0 spiro atoms. The lowest BCUT2D eigenvalue weighted by Crippen LogP contribution is -2.30. The third-order valence-electron chi connectivity index (χ3n) is 2.16. The Hall–Kier alpha value is -2.24. The second kappa shape index (κ2) is 7.25. The van der Waals surface area contributed by atoms with Crippen LogP contribution < -0.4 is 10.6 Å². The smallest absolute Gasteiger partial charge is 0.411 e. The van der Waals surface area contributed by atoms with Gasteiger partial charge in [0.1, 0.15) is 6.61 Å². The summed E-state index contributed by atoms with van der Waals surface area (Å²) in [6, 6.07) is 6.97. The molecule has 0 atom stereocenters. The Labute approximate surface area is 112 Å². The number of ether oxygens (including phenoxy) is 2. The van der Waals surface area contributed by atoms with Gasteiger partial charge in [0.2, 0.25) is 0 Å². The third-order valence-corrected chi connectivity index (χ3v) is 2.16. The van der Waals surface area contributed by atoms with E-state index < -0.39 is 12.2 Å². The molecule has 0 aliphatic carbocycles. The summed E-state index contributed by atoms with van der Waals surface area (Å²) in [5.74, 6) is 0. The number of methoxy groups -OCH3 is 1. The lowest BCUT2D eigenvalue weighted by atomic mass is 10.2. The van der Waals surface area contributed by atoms with E-state index in [1.807, 2.05) is 13.8 Å². The Bertz CT molecular complexity index is 429. The molecule has 0 aliphatic rings. The standard InChI is InChI=1S/C13H18N2O4/c1-9(2)14-13(17)19-8-10-4-6-11(7-5-10)15-12(16)18-3/h4-7,9H,8H2,1-3H3,(H,14,17)(H,15,16). The maximum Gasteiger partial charge on any atom is 0.411 e. The Morgan fingerprint density at radius 1 is 1.16 bits per heavy atom. The number of alkyl carbamates (subject to hydrolysis) is 1. The summed E-state index contributed by atoms with van der Waals surface area (Å²) in [7, 11) is 1.30. The van der Waals surface area contributed by atoms with Crippen molar-refractivity contribution in [3.63, 3.8) is 0 Å². The van der Waals surface area contributed by atoms with Crippen LogP contribution in [0.25, 0.3) is 0 Å². The summed E-state index contributed by atoms with van der Waals surface area (Å²) in [6.45, 7) is 3.89. The fourth-order valence-electron chi connectivity index (χ4n) is 1.28. The number of carbonyl (C=O) groups is 2. The van der Waals surface area contributed by atoms with Crippen LogP contribution >= 0.6 is 0 Å². The minimum absolute atomic E-state index is 0.0409. The molecule has 0 bridgehead atoms. The van der Waals surface area contributed by atoms with Crippen molar-refractivity contribution in [2.24, 2.45) is 0 Å². The van der Waals surface area contributed by atoms with Crippen molar-refractivity contribution >= 4 is 17.9 Å². The Morgan fingerprint density at radius 2 is 1.79 bits per heavy atom. The van der Waals surface area contributed by atoms with Gasteiger partial charge in [0.25, 0.3) is 0 Å². The molecule has 2 amide bonds. The van der Waals surface area contributed by atoms with Crippen molar-refractivity contribution in [2.45, 2.75) is 26.5 Å². The predicted molar refractivity (Wildman–Crippen MR) is 70.9 cm³/mol. The van der Waals surface area contributed by atoms with E-state index in [2.05, 4.69) is 15.4 Å². The number of amides is 2. The molecule has 0 radical (unpaired) electrons. The topological polar surface area (TPSA) is 76.7 Å². The number of anilines is 1. The molecule has 0 saturated heterocycles. The zero-order valence-corrected chi connectivity index (χ0v) is 11.2. The zero-order chi connectivity index (χ0) is 14.3. The molecule has 1 aromatic rings. The van der Waals surface area contributed by atoms with Crippen molar-refractivity contribution in [3.05, 3.63) is 29.8 Å². The second-order valence-corrected chi connectivity index (χ2v) is 4.19. The van der Waals surface area contributed by atoms with Crippen molar-refractivity contribution in [3.8, 4) is 0 Å². The average Bonchev–Trinajstić information content (AvgIpc) is 2.37. The summed E-state index contributed by atoms with van der Waals surface area (Å²) in [4.78, 5) is 22.2. The monoisotopic (exact) mass is 266 g/mol. The van der Waals surface area contributed by atoms with Crippen LogP contribution in [0, 0.1) is 0 Å². The van der Waals surface area contributed by atoms with Crippen LogP contribution in [-0.4, -0.2) is 25.3 Å². The number of rotatable bonds is 4. The summed E-state index contributed by atoms with van der Waals surface area (Å²) in [6.07, 6.45) is -0.980. The van der Waals surface area contributed by atoms with Gasteiger partial charge >= 0.3 is 12.2 Å². The zero-order valence-electron chi connectivity index (χ0n) is 11.2. The van der Waals surface area contributed by atoms with Crippen LogP contribution in [-0.2, 0) is 16.1 Å². The highest BCUT2D eigenvalue weighted by Crippen LogP contribution is 2.10. The van der Waals surface area contributed by atoms with Gasteiger partial charge in [0.05, 0.1) is 7.11 Å². The molecule has 0 aromatic heterocycles. The molecule has 0 unspecified atom stereocenters. The fourth-order valence-corrected chi connectivity index (χ4v) is 1.28. The van der Waals surface area contributed by atoms with Crippen LogP contribution in [0.4, 0.5) is 15.3 Å². The molecule has 1 rings (SSSR count). The highest BCUT2D eigenvalue weighted by molar-refractivity contribution is 5.84. The molecule has 0 saturated carbocycles. The lowest BCUT2D eigenvalue weighted by molar-refractivity contribution is 0.137. The molecule has 6 heteroatoms. The molecule has 0 heterocycles. The maximum absolute atomic E-state index is 11.3. The highest BCUT2D eigenvalue weighted by Gasteiger charge is 2.05. The number of nitrogens with one attached hydrogen (secondary N) is 2. The largest absolute Gasteiger partial charge is 0.453 e. The van der Waals surface area contributed by atoms with Gasteiger partial charge in [-0.3, -0.25) is 5.32 Å². The van der Waals surface area contributed by atoms with E-state index in [0.29, 0.717) is 5.69 Å². The number of carbonyl (C=O) groups excluding carboxylic acids is 2. The highest BCUT2D eigenvalue weighted by atomic mass is 16.5. The molecule has 6 nitrogen and oxygen atoms in total. The minimum Gasteiger partial charge on any atom is -0.453 e. The fraction of sp³-hybridized carbons (Fsp3) is 0.385. The Balaban J connectivity index is 2.44. The first kappa shape index (κ1) is 14.8. The second-order valence-electron chi connectivity index (χ2n) is 4.19. The normalized spacial score (nSPS) is 9.89. The third kappa shape index (κ3) is 5.76. The van der Waals surface area contributed by atoms with Crippen LogP contribution in [0.2, 0.25) is 0 Å². The Morgan fingerprint density at radius 3 is 2.32 bits per heavy atom. The van der Waals surface area contributed by atoms with E-state index in [0.717, 1.165) is 5.56 Å². The first-order chi connectivity index (χ1) is 9.01. The lowest BCUT2D eigenvalue weighted by Gasteiger charge is -2.09. The first-order valence-electron chi connectivity index (χ1n) is 5.88. The van der Waals surface area contributed by atoms with Crippen LogP contribution in [0.5, 0.6) is 0 Å². The number of hydrogen-bond donors (Lipinski definition) is 2. The van der Waals surface area contributed by atoms with Crippen molar-refractivity contribution in [1.29, 1.82) is 0 Å². The first-order valence-corrected chi connectivity index (χ1v) is 5.88. The SMILES string of the molecule is COC(=O)Nc1ccc(COC(=O)NC(C)C)cc1. The predicted octanol–water partition coefficient (Wildman–Crippen LogP) is 2.50. The summed E-state index contributed by atoms with van der Waals surface area (Å²) in [5, 5.41) is 5.15. The number of benzene rings is 1. The van der Waals surface area contributed by atoms with E-state index in [-0.39, 0.29) is 12.6 Å². The van der Waals surface area contributed by atoms with Crippen molar-refractivity contribution in [2.75, 3.05) is 12.4 Å². The van der Waals surface area contributed by atoms with Gasteiger partial charge in [0, 0.05) is 11.7 Å². The van der Waals surface area contributed by atoms with Gasteiger partial charge < -0.3 is 14.8 Å². The van der Waals surface area contributed by atoms with Gasteiger partial charge in [-0.1, -0.05) is 12.1 Å². The van der Waals surface area contributed by atoms with Crippen molar-refractivity contribution < 1.29 is 19.1 Å². The van der Waals surface area contributed by atoms with Gasteiger partial charge in [-0.25, -0.2) is 9.59 Å². The van der Waals surface area contributed by atoms with Crippen LogP contribution in [0.15, 0.2) is 24.3 Å². The molecular weight excluding hydrogens is 248 g/mol. The van der Waals surface area contributed by atoms with Crippen LogP contribution in [0.3, 0.4) is 0 Å². The van der Waals surface area contributed by atoms with Gasteiger partial charge in [-0.2, -0.15) is 0 Å². The summed E-state index contributed by atoms with van der Waals surface area (Å²) >= 11 is 0. The molecule has 0 fully saturated rings. The summed E-state index contributed by atoms with van der Waals surface area (Å²) in [5.41, 5.74) is 1.44. The van der Waals surface area contributed by atoms with E-state index in [4.69, 9.17) is 4.74 Å². The van der Waals surface area contributed by atoms with Gasteiger partial charge in [-0.05, 0) is 31.5 Å². The summed E-state index contributed by atoms with van der Waals surface area (Å²) < 4.78 is 9.49. The number of hydrogen-bond acceptors (Lipinski definition) is 4. The molecule has 2 N–H and O–H groups in total. The average molecular weight is 266 g/mol. The van der Waals surface area contributed by atoms with Crippen molar-refractivity contribution in [1.82, 2.24) is 5.32 Å². The minimum atomic E-state index is -0.527. The molecule has 104 valence electrons. The van der Waals surface area contributed by atoms with Gasteiger partial charge in [0.15, 0.2) is 0 Å². The molecule has 19 heavy (non-hydrogen) atoms. The molecule has 1 aromatic carbocycles. The van der Waals surface area contributed by atoms with E-state index in [9.17, 15) is 9.59 Å². The molecule has 0 aliphatic heterocycles.